The number of hydrogen-bond donors (Lipinski definition) is 1. The Kier molecular flexibility index (Phi) is 3.59. The van der Waals surface area contributed by atoms with Crippen molar-refractivity contribution in [2.45, 2.75) is 18.1 Å². The number of rotatable bonds is 4. The van der Waals surface area contributed by atoms with E-state index in [4.69, 9.17) is 9.26 Å². The molecule has 0 unspecified atom stereocenters. The first-order valence-electron chi connectivity index (χ1n) is 7.36. The van der Waals surface area contributed by atoms with Crippen LogP contribution < -0.4 is 4.72 Å². The summed E-state index contributed by atoms with van der Waals surface area (Å²) < 4.78 is 38.4. The maximum absolute atomic E-state index is 12.7. The molecule has 3 aromatic rings. The summed E-state index contributed by atoms with van der Waals surface area (Å²) in [5.74, 6) is 0.378. The largest absolute Gasteiger partial charge is 0.372 e. The van der Waals surface area contributed by atoms with Crippen molar-refractivity contribution >= 4 is 15.7 Å². The Balaban J connectivity index is 1.67. The summed E-state index contributed by atoms with van der Waals surface area (Å²) in [5.41, 5.74) is 2.96. The van der Waals surface area contributed by atoms with Crippen molar-refractivity contribution in [3.05, 3.63) is 65.9 Å². The van der Waals surface area contributed by atoms with Crippen LogP contribution in [0.25, 0.3) is 11.3 Å². The van der Waals surface area contributed by atoms with E-state index in [1.807, 2.05) is 30.3 Å². The van der Waals surface area contributed by atoms with Gasteiger partial charge in [-0.25, -0.2) is 8.42 Å². The summed E-state index contributed by atoms with van der Waals surface area (Å²) in [6, 6.07) is 14.2. The minimum atomic E-state index is -3.74. The average molecular weight is 342 g/mol. The summed E-state index contributed by atoms with van der Waals surface area (Å²) in [6.45, 7) is 0.952. The zero-order valence-corrected chi connectivity index (χ0v) is 13.4. The molecule has 6 nitrogen and oxygen atoms in total. The second-order valence-corrected chi connectivity index (χ2v) is 7.15. The van der Waals surface area contributed by atoms with Crippen molar-refractivity contribution < 1.29 is 17.7 Å². The van der Waals surface area contributed by atoms with Gasteiger partial charge in [-0.3, -0.25) is 4.72 Å². The summed E-state index contributed by atoms with van der Waals surface area (Å²) in [6.07, 6.45) is 1.36. The highest BCUT2D eigenvalue weighted by molar-refractivity contribution is 7.92. The van der Waals surface area contributed by atoms with E-state index < -0.39 is 10.0 Å². The van der Waals surface area contributed by atoms with Crippen LogP contribution in [0.1, 0.15) is 11.1 Å². The van der Waals surface area contributed by atoms with Crippen molar-refractivity contribution in [2.75, 3.05) is 4.72 Å². The molecule has 7 heteroatoms. The van der Waals surface area contributed by atoms with E-state index in [0.29, 0.717) is 24.7 Å². The maximum atomic E-state index is 12.7. The third-order valence-corrected chi connectivity index (χ3v) is 5.22. The number of sulfonamides is 1. The molecule has 1 aromatic heterocycles. The predicted octanol–water partition coefficient (Wildman–Crippen LogP) is 3.17. The van der Waals surface area contributed by atoms with Gasteiger partial charge < -0.3 is 9.26 Å². The monoisotopic (exact) mass is 342 g/mol. The summed E-state index contributed by atoms with van der Waals surface area (Å²) >= 11 is 0. The van der Waals surface area contributed by atoms with Gasteiger partial charge in [-0.1, -0.05) is 41.6 Å². The van der Waals surface area contributed by atoms with Gasteiger partial charge in [0.25, 0.3) is 10.0 Å². The Labute approximate surface area is 139 Å². The second kappa shape index (κ2) is 5.77. The van der Waals surface area contributed by atoms with Crippen molar-refractivity contribution in [2.24, 2.45) is 0 Å². The maximum Gasteiger partial charge on any atom is 0.262 e. The molecule has 0 saturated heterocycles. The molecule has 2 heterocycles. The molecule has 24 heavy (non-hydrogen) atoms. The molecule has 0 amide bonds. The number of nitrogens with zero attached hydrogens (tertiary/aromatic N) is 1. The van der Waals surface area contributed by atoms with Crippen LogP contribution in [0.3, 0.4) is 0 Å². The fourth-order valence-electron chi connectivity index (χ4n) is 2.63. The fraction of sp³-hybridized carbons (Fsp3) is 0.118. The Morgan fingerprint density at radius 2 is 1.79 bits per heavy atom. The number of fused-ring (bicyclic) bond motifs is 1. The first-order chi connectivity index (χ1) is 11.6. The van der Waals surface area contributed by atoms with Gasteiger partial charge in [-0.15, -0.1) is 0 Å². The molecule has 0 spiro atoms. The lowest BCUT2D eigenvalue weighted by atomic mass is 10.1. The lowest BCUT2D eigenvalue weighted by molar-refractivity contribution is 0.134. The van der Waals surface area contributed by atoms with Crippen molar-refractivity contribution in [3.63, 3.8) is 0 Å². The van der Waals surface area contributed by atoms with Crippen molar-refractivity contribution in [3.8, 4) is 11.3 Å². The molecule has 0 radical (unpaired) electrons. The minimum Gasteiger partial charge on any atom is -0.372 e. The van der Waals surface area contributed by atoms with Crippen LogP contribution in [0.15, 0.2) is 64.1 Å². The normalized spacial score (nSPS) is 13.7. The zero-order valence-electron chi connectivity index (χ0n) is 12.6. The molecule has 4 rings (SSSR count). The van der Waals surface area contributed by atoms with E-state index in [1.54, 1.807) is 18.2 Å². The average Bonchev–Trinajstić information content (AvgIpc) is 3.23. The minimum absolute atomic E-state index is 0.187. The van der Waals surface area contributed by atoms with E-state index >= 15 is 0 Å². The van der Waals surface area contributed by atoms with Gasteiger partial charge in [0.15, 0.2) is 5.76 Å². The number of ether oxygens (including phenoxy) is 1. The SMILES string of the molecule is O=S(=O)(Nc1cnoc1-c1ccccc1)c1ccc2c(c1)COC2. The van der Waals surface area contributed by atoms with Crippen LogP contribution in [0.5, 0.6) is 0 Å². The summed E-state index contributed by atoms with van der Waals surface area (Å²) in [4.78, 5) is 0.187. The molecule has 0 bridgehead atoms. The highest BCUT2D eigenvalue weighted by Gasteiger charge is 2.21. The molecule has 0 fully saturated rings. The topological polar surface area (TPSA) is 81.4 Å². The van der Waals surface area contributed by atoms with Crippen LogP contribution in [0.2, 0.25) is 0 Å². The first kappa shape index (κ1) is 14.9. The van der Waals surface area contributed by atoms with Crippen molar-refractivity contribution in [1.82, 2.24) is 5.16 Å². The number of anilines is 1. The van der Waals surface area contributed by atoms with Crippen LogP contribution in [-0.2, 0) is 28.0 Å². The Morgan fingerprint density at radius 3 is 2.62 bits per heavy atom. The van der Waals surface area contributed by atoms with Gasteiger partial charge >= 0.3 is 0 Å². The highest BCUT2D eigenvalue weighted by Crippen LogP contribution is 2.30. The van der Waals surface area contributed by atoms with Gasteiger partial charge in [0.05, 0.1) is 24.3 Å². The Hall–Kier alpha value is -2.64. The molecule has 1 aliphatic heterocycles. The van der Waals surface area contributed by atoms with E-state index in [-0.39, 0.29) is 4.90 Å². The summed E-state index contributed by atoms with van der Waals surface area (Å²) in [7, 11) is -3.74. The second-order valence-electron chi connectivity index (χ2n) is 5.46. The van der Waals surface area contributed by atoms with Crippen LogP contribution >= 0.6 is 0 Å². The summed E-state index contributed by atoms with van der Waals surface area (Å²) in [5, 5.41) is 3.71. The van der Waals surface area contributed by atoms with Crippen LogP contribution in [0.4, 0.5) is 5.69 Å². The van der Waals surface area contributed by atoms with Gasteiger partial charge in [0.1, 0.15) is 5.69 Å². The van der Waals surface area contributed by atoms with Gasteiger partial charge in [-0.2, -0.15) is 0 Å². The van der Waals surface area contributed by atoms with Gasteiger partial charge in [0, 0.05) is 5.56 Å². The van der Waals surface area contributed by atoms with Crippen LogP contribution in [0, 0.1) is 0 Å². The first-order valence-corrected chi connectivity index (χ1v) is 8.84. The fourth-order valence-corrected chi connectivity index (χ4v) is 3.73. The van der Waals surface area contributed by atoms with E-state index in [2.05, 4.69) is 9.88 Å². The molecular weight excluding hydrogens is 328 g/mol. The third kappa shape index (κ3) is 2.68. The third-order valence-electron chi connectivity index (χ3n) is 3.85. The molecule has 1 aliphatic rings. The standard InChI is InChI=1S/C17H14N2O4S/c20-24(21,15-7-6-13-10-22-11-14(13)8-15)19-16-9-18-23-17(16)12-4-2-1-3-5-12/h1-9,19H,10-11H2. The quantitative estimate of drug-likeness (QED) is 0.787. The zero-order chi connectivity index (χ0) is 16.6. The smallest absolute Gasteiger partial charge is 0.262 e. The van der Waals surface area contributed by atoms with E-state index in [0.717, 1.165) is 16.7 Å². The molecule has 122 valence electrons. The van der Waals surface area contributed by atoms with E-state index in [1.165, 1.54) is 6.20 Å². The Morgan fingerprint density at radius 1 is 1.00 bits per heavy atom. The van der Waals surface area contributed by atoms with E-state index in [9.17, 15) is 8.42 Å². The molecule has 2 aromatic carbocycles. The van der Waals surface area contributed by atoms with Gasteiger partial charge in [0.2, 0.25) is 0 Å². The number of nitrogens with one attached hydrogen (secondary N) is 1. The molecule has 1 N–H and O–H groups in total. The lowest BCUT2D eigenvalue weighted by Crippen LogP contribution is -2.13. The lowest BCUT2D eigenvalue weighted by Gasteiger charge is -2.08. The van der Waals surface area contributed by atoms with Crippen molar-refractivity contribution in [1.29, 1.82) is 0 Å². The molecule has 0 saturated carbocycles. The van der Waals surface area contributed by atoms with Crippen LogP contribution in [-0.4, -0.2) is 13.6 Å². The number of benzene rings is 2. The predicted molar refractivity (Wildman–Crippen MR) is 87.7 cm³/mol. The molecule has 0 atom stereocenters. The molecular formula is C17H14N2O4S. The van der Waals surface area contributed by atoms with Gasteiger partial charge in [-0.05, 0) is 23.3 Å². The number of aromatic nitrogens is 1. The Bertz CT molecular complexity index is 981. The number of hydrogen-bond acceptors (Lipinski definition) is 5. The highest BCUT2D eigenvalue weighted by atomic mass is 32.2. The molecule has 0 aliphatic carbocycles.